The van der Waals surface area contributed by atoms with E-state index in [1.165, 1.54) is 0 Å². The third kappa shape index (κ3) is 5.92. The van der Waals surface area contributed by atoms with E-state index in [9.17, 15) is 9.59 Å². The van der Waals surface area contributed by atoms with Crippen LogP contribution in [0.15, 0.2) is 24.4 Å². The molecule has 28 heavy (non-hydrogen) atoms. The summed E-state index contributed by atoms with van der Waals surface area (Å²) in [6.45, 7) is 7.70. The molecule has 0 aromatic carbocycles. The molecule has 154 valence electrons. The molecular weight excluding hydrogens is 354 g/mol. The highest BCUT2D eigenvalue weighted by atomic mass is 16.2. The quantitative estimate of drug-likeness (QED) is 0.737. The van der Waals surface area contributed by atoms with Crippen molar-refractivity contribution in [3.8, 4) is 0 Å². The molecular formula is C21H33N5O2. The van der Waals surface area contributed by atoms with Crippen LogP contribution in [0.4, 0.5) is 5.82 Å². The summed E-state index contributed by atoms with van der Waals surface area (Å²) in [7, 11) is 0. The number of nitrogens with one attached hydrogen (secondary N) is 2. The first-order chi connectivity index (χ1) is 13.6. The van der Waals surface area contributed by atoms with E-state index in [-0.39, 0.29) is 11.8 Å². The standard InChI is InChI=1S/C21H33N5O2/c1-17(18-5-9-22-10-6-18)16-20(27)24-11-7-21(28)26-14-12-25(13-15-26)19-4-2-3-8-23-19/h2-4,8,17-18,22H,5-7,9-16H2,1H3,(H,24,27). The van der Waals surface area contributed by atoms with Crippen LogP contribution in [-0.2, 0) is 9.59 Å². The van der Waals surface area contributed by atoms with E-state index in [1.807, 2.05) is 23.1 Å². The second kappa shape index (κ2) is 10.4. The van der Waals surface area contributed by atoms with Crippen molar-refractivity contribution >= 4 is 17.6 Å². The summed E-state index contributed by atoms with van der Waals surface area (Å²) in [5.74, 6) is 2.18. The molecule has 7 heteroatoms. The summed E-state index contributed by atoms with van der Waals surface area (Å²) in [5.41, 5.74) is 0. The zero-order valence-electron chi connectivity index (χ0n) is 16.9. The molecule has 3 rings (SSSR count). The molecule has 1 atom stereocenters. The number of nitrogens with zero attached hydrogens (tertiary/aromatic N) is 3. The lowest BCUT2D eigenvalue weighted by molar-refractivity contribution is -0.131. The molecule has 2 fully saturated rings. The van der Waals surface area contributed by atoms with Crippen LogP contribution in [0.3, 0.4) is 0 Å². The first-order valence-corrected chi connectivity index (χ1v) is 10.5. The van der Waals surface area contributed by atoms with Gasteiger partial charge in [0.05, 0.1) is 0 Å². The Morgan fingerprint density at radius 2 is 1.96 bits per heavy atom. The van der Waals surface area contributed by atoms with Gasteiger partial charge in [-0.15, -0.1) is 0 Å². The number of carbonyl (C=O) groups excluding carboxylic acids is 2. The van der Waals surface area contributed by atoms with Crippen LogP contribution in [0.2, 0.25) is 0 Å². The second-order valence-corrected chi connectivity index (χ2v) is 7.92. The number of carbonyl (C=O) groups is 2. The van der Waals surface area contributed by atoms with Gasteiger partial charge in [-0.05, 0) is 49.9 Å². The topological polar surface area (TPSA) is 77.6 Å². The van der Waals surface area contributed by atoms with Crippen LogP contribution >= 0.6 is 0 Å². The van der Waals surface area contributed by atoms with Crippen molar-refractivity contribution in [1.29, 1.82) is 0 Å². The Hall–Kier alpha value is -2.15. The number of piperidine rings is 1. The molecule has 2 aliphatic heterocycles. The van der Waals surface area contributed by atoms with Gasteiger partial charge >= 0.3 is 0 Å². The fraction of sp³-hybridized carbons (Fsp3) is 0.667. The maximum absolute atomic E-state index is 12.4. The summed E-state index contributed by atoms with van der Waals surface area (Å²) in [6, 6.07) is 5.89. The van der Waals surface area contributed by atoms with Gasteiger partial charge in [-0.2, -0.15) is 0 Å². The first-order valence-electron chi connectivity index (χ1n) is 10.5. The molecule has 3 heterocycles. The summed E-state index contributed by atoms with van der Waals surface area (Å²) < 4.78 is 0. The van der Waals surface area contributed by atoms with Crippen LogP contribution in [-0.4, -0.2) is 67.5 Å². The fourth-order valence-electron chi connectivity index (χ4n) is 4.14. The Bertz CT molecular complexity index is 625. The number of aromatic nitrogens is 1. The Labute approximate surface area is 167 Å². The number of rotatable bonds is 7. The van der Waals surface area contributed by atoms with E-state index >= 15 is 0 Å². The van der Waals surface area contributed by atoms with Crippen molar-refractivity contribution in [2.45, 2.75) is 32.6 Å². The maximum atomic E-state index is 12.4. The van der Waals surface area contributed by atoms with Crippen LogP contribution in [0.25, 0.3) is 0 Å². The molecule has 1 aromatic rings. The van der Waals surface area contributed by atoms with Gasteiger partial charge in [0.15, 0.2) is 0 Å². The zero-order chi connectivity index (χ0) is 19.8. The Morgan fingerprint density at radius 3 is 2.64 bits per heavy atom. The molecule has 2 saturated heterocycles. The Balaban J connectivity index is 1.31. The molecule has 1 unspecified atom stereocenters. The molecule has 7 nitrogen and oxygen atoms in total. The van der Waals surface area contributed by atoms with Gasteiger partial charge < -0.3 is 20.4 Å². The molecule has 0 bridgehead atoms. The Morgan fingerprint density at radius 1 is 1.21 bits per heavy atom. The predicted octanol–water partition coefficient (Wildman–Crippen LogP) is 1.26. The van der Waals surface area contributed by atoms with Gasteiger partial charge in [-0.25, -0.2) is 4.98 Å². The van der Waals surface area contributed by atoms with Crippen molar-refractivity contribution < 1.29 is 9.59 Å². The highest BCUT2D eigenvalue weighted by molar-refractivity contribution is 5.79. The van der Waals surface area contributed by atoms with Crippen LogP contribution < -0.4 is 15.5 Å². The molecule has 0 spiro atoms. The SMILES string of the molecule is CC(CC(=O)NCCC(=O)N1CCN(c2ccccn2)CC1)C1CCNCC1. The van der Waals surface area contributed by atoms with Crippen LogP contribution in [0.5, 0.6) is 0 Å². The third-order valence-corrected chi connectivity index (χ3v) is 5.96. The summed E-state index contributed by atoms with van der Waals surface area (Å²) in [5, 5.41) is 6.30. The number of anilines is 1. The second-order valence-electron chi connectivity index (χ2n) is 7.92. The Kier molecular flexibility index (Phi) is 7.65. The first kappa shape index (κ1) is 20.6. The van der Waals surface area contributed by atoms with E-state index in [1.54, 1.807) is 6.20 Å². The van der Waals surface area contributed by atoms with Gasteiger partial charge in [0, 0.05) is 51.8 Å². The average molecular weight is 388 g/mol. The molecule has 2 N–H and O–H groups in total. The van der Waals surface area contributed by atoms with Gasteiger partial charge in [-0.1, -0.05) is 13.0 Å². The van der Waals surface area contributed by atoms with E-state index in [0.29, 0.717) is 44.3 Å². The van der Waals surface area contributed by atoms with E-state index in [2.05, 4.69) is 27.4 Å². The smallest absolute Gasteiger partial charge is 0.224 e. The molecule has 0 radical (unpaired) electrons. The third-order valence-electron chi connectivity index (χ3n) is 5.96. The van der Waals surface area contributed by atoms with Crippen molar-refractivity contribution in [2.24, 2.45) is 11.8 Å². The number of amides is 2. The molecule has 0 aliphatic carbocycles. The molecule has 2 aliphatic rings. The van der Waals surface area contributed by atoms with Crippen LogP contribution in [0, 0.1) is 11.8 Å². The number of hydrogen-bond donors (Lipinski definition) is 2. The number of piperazine rings is 1. The summed E-state index contributed by atoms with van der Waals surface area (Å²) in [4.78, 5) is 33.1. The number of hydrogen-bond acceptors (Lipinski definition) is 5. The monoisotopic (exact) mass is 387 g/mol. The largest absolute Gasteiger partial charge is 0.356 e. The molecule has 1 aromatic heterocycles. The van der Waals surface area contributed by atoms with Gasteiger partial charge in [0.2, 0.25) is 11.8 Å². The lowest BCUT2D eigenvalue weighted by Crippen LogP contribution is -2.49. The highest BCUT2D eigenvalue weighted by Gasteiger charge is 2.23. The lowest BCUT2D eigenvalue weighted by atomic mass is 9.84. The minimum atomic E-state index is 0.0683. The van der Waals surface area contributed by atoms with Crippen molar-refractivity contribution in [1.82, 2.24) is 20.5 Å². The van der Waals surface area contributed by atoms with E-state index in [0.717, 1.165) is 44.8 Å². The van der Waals surface area contributed by atoms with Gasteiger partial charge in [0.1, 0.15) is 5.82 Å². The van der Waals surface area contributed by atoms with E-state index < -0.39 is 0 Å². The minimum Gasteiger partial charge on any atom is -0.356 e. The normalized spacial score (nSPS) is 19.3. The van der Waals surface area contributed by atoms with Crippen molar-refractivity contribution in [3.63, 3.8) is 0 Å². The highest BCUT2D eigenvalue weighted by Crippen LogP contribution is 2.24. The van der Waals surface area contributed by atoms with Crippen molar-refractivity contribution in [3.05, 3.63) is 24.4 Å². The number of pyridine rings is 1. The minimum absolute atomic E-state index is 0.0683. The summed E-state index contributed by atoms with van der Waals surface area (Å²) >= 11 is 0. The molecule has 0 saturated carbocycles. The van der Waals surface area contributed by atoms with Crippen LogP contribution in [0.1, 0.15) is 32.6 Å². The lowest BCUT2D eigenvalue weighted by Gasteiger charge is -2.35. The maximum Gasteiger partial charge on any atom is 0.224 e. The predicted molar refractivity (Wildman–Crippen MR) is 110 cm³/mol. The van der Waals surface area contributed by atoms with Gasteiger partial charge in [0.25, 0.3) is 0 Å². The van der Waals surface area contributed by atoms with Crippen molar-refractivity contribution in [2.75, 3.05) is 50.7 Å². The average Bonchev–Trinajstić information content (AvgIpc) is 2.75. The summed E-state index contributed by atoms with van der Waals surface area (Å²) in [6.07, 6.45) is 5.02. The zero-order valence-corrected chi connectivity index (χ0v) is 16.9. The van der Waals surface area contributed by atoms with E-state index in [4.69, 9.17) is 0 Å². The molecule has 2 amide bonds. The van der Waals surface area contributed by atoms with Gasteiger partial charge in [-0.3, -0.25) is 9.59 Å². The fourth-order valence-corrected chi connectivity index (χ4v) is 4.14.